The number of aliphatic imine (C=N–C) groups is 1. The van der Waals surface area contributed by atoms with Gasteiger partial charge in [-0.2, -0.15) is 0 Å². The van der Waals surface area contributed by atoms with E-state index in [1.165, 1.54) is 17.3 Å². The minimum atomic E-state index is 0.578. The maximum atomic E-state index is 5.71. The Labute approximate surface area is 103 Å². The zero-order chi connectivity index (χ0) is 11.1. The van der Waals surface area contributed by atoms with Gasteiger partial charge >= 0.3 is 0 Å². The summed E-state index contributed by atoms with van der Waals surface area (Å²) in [4.78, 5) is 4.11. The average Bonchev–Trinajstić information content (AvgIpc) is 2.25. The molecule has 4 heteroatoms. The van der Waals surface area contributed by atoms with Gasteiger partial charge in [0.2, 0.25) is 0 Å². The average molecular weight is 285 g/mol. The molecule has 1 aromatic rings. The standard InChI is InChI=1S/C11H13BrN2S/c1-2-7-14-11(13)15-8-9-5-3-4-6-10(9)12/h2-6H,1,7-8H2,(H2,13,14). The first-order chi connectivity index (χ1) is 7.24. The number of rotatable bonds is 4. The van der Waals surface area contributed by atoms with Gasteiger partial charge < -0.3 is 5.73 Å². The maximum Gasteiger partial charge on any atom is 0.154 e. The lowest BCUT2D eigenvalue weighted by atomic mass is 10.2. The number of amidine groups is 1. The Hall–Kier alpha value is -0.740. The Morgan fingerprint density at radius 2 is 2.27 bits per heavy atom. The van der Waals surface area contributed by atoms with Crippen molar-refractivity contribution in [1.29, 1.82) is 0 Å². The van der Waals surface area contributed by atoms with Crippen molar-refractivity contribution in [3.8, 4) is 0 Å². The van der Waals surface area contributed by atoms with Crippen molar-refractivity contribution in [2.24, 2.45) is 10.7 Å². The van der Waals surface area contributed by atoms with Gasteiger partial charge in [0, 0.05) is 10.2 Å². The SMILES string of the molecule is C=CCN=C(N)SCc1ccccc1Br. The third kappa shape index (κ3) is 4.53. The van der Waals surface area contributed by atoms with Crippen LogP contribution >= 0.6 is 27.7 Å². The second-order valence-corrected chi connectivity index (χ2v) is 4.70. The molecule has 0 atom stereocenters. The molecule has 1 aromatic carbocycles. The summed E-state index contributed by atoms with van der Waals surface area (Å²) in [6, 6.07) is 8.09. The number of hydrogen-bond donors (Lipinski definition) is 1. The largest absolute Gasteiger partial charge is 0.379 e. The van der Waals surface area contributed by atoms with Crippen LogP contribution in [0.25, 0.3) is 0 Å². The van der Waals surface area contributed by atoms with Crippen LogP contribution in [-0.4, -0.2) is 11.7 Å². The monoisotopic (exact) mass is 284 g/mol. The van der Waals surface area contributed by atoms with Gasteiger partial charge in [0.25, 0.3) is 0 Å². The second kappa shape index (κ2) is 6.69. The van der Waals surface area contributed by atoms with E-state index in [1.54, 1.807) is 6.08 Å². The Morgan fingerprint density at radius 1 is 1.53 bits per heavy atom. The first kappa shape index (κ1) is 12.3. The van der Waals surface area contributed by atoms with E-state index in [2.05, 4.69) is 33.6 Å². The summed E-state index contributed by atoms with van der Waals surface area (Å²) in [5.41, 5.74) is 6.93. The summed E-state index contributed by atoms with van der Waals surface area (Å²) in [5.74, 6) is 0.827. The maximum absolute atomic E-state index is 5.71. The number of nitrogens with two attached hydrogens (primary N) is 1. The molecule has 0 heterocycles. The minimum absolute atomic E-state index is 0.578. The lowest BCUT2D eigenvalue weighted by Gasteiger charge is -2.03. The van der Waals surface area contributed by atoms with Crippen molar-refractivity contribution < 1.29 is 0 Å². The molecule has 2 nitrogen and oxygen atoms in total. The van der Waals surface area contributed by atoms with Crippen LogP contribution in [0.5, 0.6) is 0 Å². The molecule has 1 rings (SSSR count). The number of halogens is 1. The van der Waals surface area contributed by atoms with Crippen LogP contribution in [0.1, 0.15) is 5.56 Å². The summed E-state index contributed by atoms with van der Waals surface area (Å²) >= 11 is 5.02. The van der Waals surface area contributed by atoms with Crippen molar-refractivity contribution in [3.05, 3.63) is 47.0 Å². The molecule has 0 saturated heterocycles. The van der Waals surface area contributed by atoms with E-state index >= 15 is 0 Å². The van der Waals surface area contributed by atoms with Gasteiger partial charge in [-0.15, -0.1) is 6.58 Å². The number of nitrogens with zero attached hydrogens (tertiary/aromatic N) is 1. The summed E-state index contributed by atoms with van der Waals surface area (Å²) in [5, 5.41) is 0.602. The molecule has 0 aliphatic rings. The van der Waals surface area contributed by atoms with Gasteiger partial charge in [-0.25, -0.2) is 0 Å². The van der Waals surface area contributed by atoms with Crippen molar-refractivity contribution in [2.45, 2.75) is 5.75 Å². The molecule has 15 heavy (non-hydrogen) atoms. The number of thioether (sulfide) groups is 1. The third-order valence-corrected chi connectivity index (χ3v) is 3.36. The molecular weight excluding hydrogens is 272 g/mol. The topological polar surface area (TPSA) is 38.4 Å². The van der Waals surface area contributed by atoms with Crippen molar-refractivity contribution >= 4 is 32.9 Å². The first-order valence-electron chi connectivity index (χ1n) is 4.51. The number of benzene rings is 1. The smallest absolute Gasteiger partial charge is 0.154 e. The van der Waals surface area contributed by atoms with Crippen LogP contribution in [0.15, 0.2) is 46.4 Å². The third-order valence-electron chi connectivity index (χ3n) is 1.71. The van der Waals surface area contributed by atoms with Crippen LogP contribution in [0, 0.1) is 0 Å². The molecule has 0 fully saturated rings. The van der Waals surface area contributed by atoms with E-state index in [9.17, 15) is 0 Å². The molecule has 0 bridgehead atoms. The summed E-state index contributed by atoms with van der Waals surface area (Å²) in [6.07, 6.45) is 1.73. The highest BCUT2D eigenvalue weighted by Gasteiger charge is 2.00. The van der Waals surface area contributed by atoms with Crippen LogP contribution in [0.2, 0.25) is 0 Å². The van der Waals surface area contributed by atoms with E-state index in [0.29, 0.717) is 11.7 Å². The summed E-state index contributed by atoms with van der Waals surface area (Å²) in [7, 11) is 0. The van der Waals surface area contributed by atoms with Crippen molar-refractivity contribution in [1.82, 2.24) is 0 Å². The molecule has 0 radical (unpaired) electrons. The first-order valence-corrected chi connectivity index (χ1v) is 6.29. The highest BCUT2D eigenvalue weighted by Crippen LogP contribution is 2.21. The molecule has 0 aromatic heterocycles. The van der Waals surface area contributed by atoms with Crippen LogP contribution < -0.4 is 5.73 Å². The van der Waals surface area contributed by atoms with E-state index in [0.717, 1.165) is 10.2 Å². The Bertz CT molecular complexity index is 363. The van der Waals surface area contributed by atoms with Crippen molar-refractivity contribution in [3.63, 3.8) is 0 Å². The van der Waals surface area contributed by atoms with E-state index < -0.39 is 0 Å². The molecule has 0 aliphatic carbocycles. The summed E-state index contributed by atoms with van der Waals surface area (Å²) in [6.45, 7) is 4.16. The molecule has 0 amide bonds. The van der Waals surface area contributed by atoms with Gasteiger partial charge in [-0.3, -0.25) is 4.99 Å². The van der Waals surface area contributed by atoms with Crippen LogP contribution in [0.4, 0.5) is 0 Å². The van der Waals surface area contributed by atoms with Gasteiger partial charge in [0.15, 0.2) is 5.17 Å². The molecule has 2 N–H and O–H groups in total. The Morgan fingerprint density at radius 3 is 2.93 bits per heavy atom. The predicted octanol–water partition coefficient (Wildman–Crippen LogP) is 3.18. The van der Waals surface area contributed by atoms with E-state index in [1.807, 2.05) is 18.2 Å². The Kier molecular flexibility index (Phi) is 5.50. The quantitative estimate of drug-likeness (QED) is 0.524. The summed E-state index contributed by atoms with van der Waals surface area (Å²) < 4.78 is 1.11. The lowest BCUT2D eigenvalue weighted by molar-refractivity contribution is 1.25. The molecule has 0 aliphatic heterocycles. The van der Waals surface area contributed by atoms with Gasteiger partial charge in [-0.05, 0) is 11.6 Å². The minimum Gasteiger partial charge on any atom is -0.379 e. The normalized spacial score (nSPS) is 11.4. The van der Waals surface area contributed by atoms with E-state index in [-0.39, 0.29) is 0 Å². The fraction of sp³-hybridized carbons (Fsp3) is 0.182. The molecule has 0 saturated carbocycles. The zero-order valence-electron chi connectivity index (χ0n) is 8.32. The van der Waals surface area contributed by atoms with Gasteiger partial charge in [0.1, 0.15) is 0 Å². The Balaban J connectivity index is 2.50. The molecule has 0 spiro atoms. The van der Waals surface area contributed by atoms with Crippen LogP contribution in [-0.2, 0) is 5.75 Å². The lowest BCUT2D eigenvalue weighted by Crippen LogP contribution is -2.07. The molecule has 80 valence electrons. The van der Waals surface area contributed by atoms with E-state index in [4.69, 9.17) is 5.73 Å². The fourth-order valence-corrected chi connectivity index (χ4v) is 2.30. The zero-order valence-corrected chi connectivity index (χ0v) is 10.7. The van der Waals surface area contributed by atoms with Crippen LogP contribution in [0.3, 0.4) is 0 Å². The molecular formula is C11H13BrN2S. The molecule has 0 unspecified atom stereocenters. The highest BCUT2D eigenvalue weighted by atomic mass is 79.9. The van der Waals surface area contributed by atoms with Gasteiger partial charge in [-0.1, -0.05) is 52.0 Å². The highest BCUT2D eigenvalue weighted by molar-refractivity contribution is 9.10. The number of hydrogen-bond acceptors (Lipinski definition) is 2. The fourth-order valence-electron chi connectivity index (χ4n) is 0.967. The van der Waals surface area contributed by atoms with Crippen molar-refractivity contribution in [2.75, 3.05) is 6.54 Å². The van der Waals surface area contributed by atoms with Gasteiger partial charge in [0.05, 0.1) is 6.54 Å². The second-order valence-electron chi connectivity index (χ2n) is 2.85. The predicted molar refractivity (Wildman–Crippen MR) is 72.1 cm³/mol.